The number of aryl methyl sites for hydroxylation is 1. The van der Waals surface area contributed by atoms with Crippen molar-refractivity contribution in [2.45, 2.75) is 26.0 Å². The van der Waals surface area contributed by atoms with Gasteiger partial charge in [0.2, 0.25) is 0 Å². The first-order valence-corrected chi connectivity index (χ1v) is 9.38. The van der Waals surface area contributed by atoms with Crippen LogP contribution in [0.3, 0.4) is 0 Å². The molecule has 1 aliphatic rings. The van der Waals surface area contributed by atoms with Crippen LogP contribution in [-0.4, -0.2) is 35.1 Å². The number of nitrogens with zero attached hydrogens (tertiary/aromatic N) is 2. The highest BCUT2D eigenvalue weighted by Gasteiger charge is 2.27. The molecule has 0 aliphatic carbocycles. The first-order valence-electron chi connectivity index (χ1n) is 9.38. The Bertz CT molecular complexity index is 1030. The molecule has 6 heteroatoms. The van der Waals surface area contributed by atoms with Gasteiger partial charge in [-0.25, -0.2) is 4.79 Å². The first-order chi connectivity index (χ1) is 13.6. The number of carbonyl (C=O) groups excluding carboxylic acids is 1. The SMILES string of the molecule is Cc1cc2cc(CNC(=O)N3CC[C@H](Oc4ccc(C#N)cc4)C3)ccc2[nH]1. The zero-order valence-electron chi connectivity index (χ0n) is 15.7. The lowest BCUT2D eigenvalue weighted by Crippen LogP contribution is -2.39. The molecule has 1 saturated heterocycles. The van der Waals surface area contributed by atoms with Crippen molar-refractivity contribution in [1.82, 2.24) is 15.2 Å². The van der Waals surface area contributed by atoms with Crippen molar-refractivity contribution >= 4 is 16.9 Å². The molecule has 1 atom stereocenters. The van der Waals surface area contributed by atoms with Crippen LogP contribution in [0, 0.1) is 18.3 Å². The fourth-order valence-corrected chi connectivity index (χ4v) is 3.54. The summed E-state index contributed by atoms with van der Waals surface area (Å²) in [4.78, 5) is 17.6. The maximum atomic E-state index is 12.5. The molecule has 0 bridgehead atoms. The molecule has 2 amide bonds. The van der Waals surface area contributed by atoms with E-state index in [0.29, 0.717) is 25.2 Å². The van der Waals surface area contributed by atoms with Crippen molar-refractivity contribution in [1.29, 1.82) is 5.26 Å². The third kappa shape index (κ3) is 3.94. The van der Waals surface area contributed by atoms with Gasteiger partial charge in [0.05, 0.1) is 18.2 Å². The molecule has 1 fully saturated rings. The third-order valence-electron chi connectivity index (χ3n) is 4.98. The van der Waals surface area contributed by atoms with Crippen molar-refractivity contribution in [3.05, 3.63) is 65.4 Å². The van der Waals surface area contributed by atoms with Gasteiger partial charge in [-0.2, -0.15) is 5.26 Å². The fourth-order valence-electron chi connectivity index (χ4n) is 3.54. The summed E-state index contributed by atoms with van der Waals surface area (Å²) >= 11 is 0. The van der Waals surface area contributed by atoms with E-state index in [-0.39, 0.29) is 12.1 Å². The number of fused-ring (bicyclic) bond motifs is 1. The van der Waals surface area contributed by atoms with Gasteiger partial charge in [-0.05, 0) is 60.3 Å². The van der Waals surface area contributed by atoms with Crippen LogP contribution in [0.4, 0.5) is 4.79 Å². The standard InChI is InChI=1S/C22H22N4O2/c1-15-10-18-11-17(4-7-21(18)25-15)13-24-22(27)26-9-8-20(14-26)28-19-5-2-16(12-23)3-6-19/h2-7,10-11,20,25H,8-9,13-14H2,1H3,(H,24,27)/t20-/m0/s1. The quantitative estimate of drug-likeness (QED) is 0.730. The Balaban J connectivity index is 1.29. The maximum absolute atomic E-state index is 12.5. The van der Waals surface area contributed by atoms with Crippen LogP contribution >= 0.6 is 0 Å². The highest BCUT2D eigenvalue weighted by Crippen LogP contribution is 2.20. The normalized spacial score (nSPS) is 16.1. The monoisotopic (exact) mass is 374 g/mol. The van der Waals surface area contributed by atoms with Gasteiger partial charge in [0.1, 0.15) is 11.9 Å². The Labute approximate surface area is 163 Å². The largest absolute Gasteiger partial charge is 0.489 e. The van der Waals surface area contributed by atoms with Gasteiger partial charge in [0, 0.05) is 30.7 Å². The number of rotatable bonds is 4. The van der Waals surface area contributed by atoms with E-state index in [9.17, 15) is 4.79 Å². The minimum Gasteiger partial charge on any atom is -0.489 e. The molecule has 28 heavy (non-hydrogen) atoms. The minimum atomic E-state index is -0.0729. The molecule has 2 heterocycles. The smallest absolute Gasteiger partial charge is 0.317 e. The number of benzene rings is 2. The zero-order valence-corrected chi connectivity index (χ0v) is 15.7. The van der Waals surface area contributed by atoms with E-state index < -0.39 is 0 Å². The van der Waals surface area contributed by atoms with Crippen molar-refractivity contribution in [3.63, 3.8) is 0 Å². The maximum Gasteiger partial charge on any atom is 0.317 e. The van der Waals surface area contributed by atoms with E-state index in [0.717, 1.165) is 34.3 Å². The number of H-pyrrole nitrogens is 1. The second-order valence-electron chi connectivity index (χ2n) is 7.14. The number of hydrogen-bond donors (Lipinski definition) is 2. The van der Waals surface area contributed by atoms with E-state index >= 15 is 0 Å². The molecule has 0 unspecified atom stereocenters. The van der Waals surface area contributed by atoms with Crippen molar-refractivity contribution in [2.75, 3.05) is 13.1 Å². The van der Waals surface area contributed by atoms with Crippen LogP contribution in [0.2, 0.25) is 0 Å². The molecule has 1 aromatic heterocycles. The Hall–Kier alpha value is -3.46. The molecule has 2 aromatic carbocycles. The third-order valence-corrected chi connectivity index (χ3v) is 4.98. The van der Waals surface area contributed by atoms with E-state index in [2.05, 4.69) is 28.5 Å². The van der Waals surface area contributed by atoms with Gasteiger partial charge in [0.25, 0.3) is 0 Å². The average Bonchev–Trinajstić information content (AvgIpc) is 3.32. The van der Waals surface area contributed by atoms with Gasteiger partial charge in [-0.1, -0.05) is 6.07 Å². The molecule has 0 saturated carbocycles. The Kier molecular flexibility index (Phi) is 4.90. The molecule has 3 aromatic rings. The van der Waals surface area contributed by atoms with Gasteiger partial charge < -0.3 is 19.9 Å². The van der Waals surface area contributed by atoms with E-state index in [1.165, 1.54) is 0 Å². The summed E-state index contributed by atoms with van der Waals surface area (Å²) in [6, 6.07) is 17.3. The highest BCUT2D eigenvalue weighted by atomic mass is 16.5. The fraction of sp³-hybridized carbons (Fsp3) is 0.273. The average molecular weight is 374 g/mol. The van der Waals surface area contributed by atoms with Crippen LogP contribution in [0.25, 0.3) is 10.9 Å². The van der Waals surface area contributed by atoms with Crippen molar-refractivity contribution < 1.29 is 9.53 Å². The minimum absolute atomic E-state index is 0.0298. The number of amides is 2. The van der Waals surface area contributed by atoms with Gasteiger partial charge in [-0.3, -0.25) is 0 Å². The Morgan fingerprint density at radius 1 is 1.29 bits per heavy atom. The van der Waals surface area contributed by atoms with Crippen molar-refractivity contribution in [2.24, 2.45) is 0 Å². The summed E-state index contributed by atoms with van der Waals surface area (Å²) in [7, 11) is 0. The molecule has 0 radical (unpaired) electrons. The van der Waals surface area contributed by atoms with Crippen LogP contribution in [-0.2, 0) is 6.54 Å². The highest BCUT2D eigenvalue weighted by molar-refractivity contribution is 5.81. The Morgan fingerprint density at radius 2 is 2.11 bits per heavy atom. The number of likely N-dealkylation sites (tertiary alicyclic amines) is 1. The molecule has 4 rings (SSSR count). The number of ether oxygens (including phenoxy) is 1. The number of aromatic nitrogens is 1. The summed E-state index contributed by atoms with van der Waals surface area (Å²) in [5, 5.41) is 13.0. The van der Waals surface area contributed by atoms with Gasteiger partial charge in [-0.15, -0.1) is 0 Å². The second-order valence-corrected chi connectivity index (χ2v) is 7.14. The van der Waals surface area contributed by atoms with Crippen LogP contribution in [0.15, 0.2) is 48.5 Å². The number of nitriles is 1. The number of nitrogens with one attached hydrogen (secondary N) is 2. The lowest BCUT2D eigenvalue weighted by molar-refractivity contribution is 0.186. The Morgan fingerprint density at radius 3 is 2.89 bits per heavy atom. The number of aromatic amines is 1. The summed E-state index contributed by atoms with van der Waals surface area (Å²) in [6.07, 6.45) is 0.764. The summed E-state index contributed by atoms with van der Waals surface area (Å²) in [5.74, 6) is 0.723. The topological polar surface area (TPSA) is 81.2 Å². The van der Waals surface area contributed by atoms with E-state index in [1.54, 1.807) is 29.2 Å². The van der Waals surface area contributed by atoms with E-state index in [1.807, 2.05) is 19.1 Å². The number of carbonyl (C=O) groups is 1. The molecule has 0 spiro atoms. The van der Waals surface area contributed by atoms with Crippen LogP contribution < -0.4 is 10.1 Å². The van der Waals surface area contributed by atoms with Gasteiger partial charge in [0.15, 0.2) is 0 Å². The zero-order chi connectivity index (χ0) is 19.5. The number of urea groups is 1. The molecule has 2 N–H and O–H groups in total. The number of hydrogen-bond acceptors (Lipinski definition) is 3. The first kappa shape index (κ1) is 17.9. The lowest BCUT2D eigenvalue weighted by atomic mass is 10.1. The van der Waals surface area contributed by atoms with Crippen LogP contribution in [0.5, 0.6) is 5.75 Å². The molecular weight excluding hydrogens is 352 g/mol. The van der Waals surface area contributed by atoms with E-state index in [4.69, 9.17) is 10.00 Å². The second kappa shape index (κ2) is 7.65. The summed E-state index contributed by atoms with van der Waals surface area (Å²) < 4.78 is 5.93. The summed E-state index contributed by atoms with van der Waals surface area (Å²) in [5.41, 5.74) is 3.91. The molecule has 6 nitrogen and oxygen atoms in total. The predicted octanol–water partition coefficient (Wildman–Crippen LogP) is 3.71. The van der Waals surface area contributed by atoms with Crippen molar-refractivity contribution in [3.8, 4) is 11.8 Å². The molecule has 142 valence electrons. The summed E-state index contributed by atoms with van der Waals surface area (Å²) in [6.45, 7) is 3.76. The predicted molar refractivity (Wildman–Crippen MR) is 107 cm³/mol. The molecule has 1 aliphatic heterocycles. The van der Waals surface area contributed by atoms with Gasteiger partial charge >= 0.3 is 6.03 Å². The lowest BCUT2D eigenvalue weighted by Gasteiger charge is -2.18. The van der Waals surface area contributed by atoms with Crippen LogP contribution in [0.1, 0.15) is 23.2 Å². The molecular formula is C22H22N4O2.